The first kappa shape index (κ1) is 31.5. The molecule has 0 amide bonds. The number of hydrogen-bond donors (Lipinski definition) is 1. The van der Waals surface area contributed by atoms with Gasteiger partial charge in [0.1, 0.15) is 24.6 Å². The molecule has 0 fully saturated rings. The first-order chi connectivity index (χ1) is 23.4. The Kier molecular flexibility index (Phi) is 9.42. The molecular formula is C37H27FN6O4. The van der Waals surface area contributed by atoms with Crippen molar-refractivity contribution in [3.63, 3.8) is 0 Å². The summed E-state index contributed by atoms with van der Waals surface area (Å²) in [6.07, 6.45) is 5.11. The van der Waals surface area contributed by atoms with Crippen molar-refractivity contribution in [3.05, 3.63) is 137 Å². The highest BCUT2D eigenvalue weighted by Gasteiger charge is 2.16. The number of halogens is 1. The minimum absolute atomic E-state index is 0.0547. The van der Waals surface area contributed by atoms with E-state index in [1.165, 1.54) is 24.5 Å². The SMILES string of the molecule is COCCn1c(Cc2ccc(-c3cccc(OCc4ccc(C#N)cc4F)n3)cc2C#Cc2cncnc2)nc2ccc(C(=O)O)cc21. The molecule has 236 valence electrons. The number of ether oxygens (including phenoxy) is 2. The molecule has 0 saturated carbocycles. The Labute approximate surface area is 275 Å². The van der Waals surface area contributed by atoms with Crippen molar-refractivity contribution in [3.8, 4) is 35.0 Å². The average molecular weight is 639 g/mol. The number of fused-ring (bicyclic) bond motifs is 1. The normalized spacial score (nSPS) is 10.7. The van der Waals surface area contributed by atoms with Crippen molar-refractivity contribution in [1.29, 1.82) is 5.26 Å². The van der Waals surface area contributed by atoms with Crippen LogP contribution >= 0.6 is 0 Å². The van der Waals surface area contributed by atoms with Crippen LogP contribution in [0.3, 0.4) is 0 Å². The number of carbonyl (C=O) groups is 1. The summed E-state index contributed by atoms with van der Waals surface area (Å²) in [7, 11) is 1.61. The lowest BCUT2D eigenvalue weighted by atomic mass is 9.99. The van der Waals surface area contributed by atoms with Crippen LogP contribution in [0.15, 0.2) is 91.5 Å². The summed E-state index contributed by atoms with van der Waals surface area (Å²) < 4.78 is 27.5. The van der Waals surface area contributed by atoms with Gasteiger partial charge < -0.3 is 19.1 Å². The summed E-state index contributed by atoms with van der Waals surface area (Å²) in [5, 5.41) is 18.6. The van der Waals surface area contributed by atoms with Crippen LogP contribution in [0.2, 0.25) is 0 Å². The molecule has 0 unspecified atom stereocenters. The predicted molar refractivity (Wildman–Crippen MR) is 175 cm³/mol. The summed E-state index contributed by atoms with van der Waals surface area (Å²) in [6.45, 7) is 0.840. The van der Waals surface area contributed by atoms with E-state index in [4.69, 9.17) is 19.7 Å². The average Bonchev–Trinajstić information content (AvgIpc) is 3.46. The maximum atomic E-state index is 14.4. The fraction of sp³-hybridized carbons (Fsp3) is 0.135. The molecule has 0 saturated heterocycles. The molecule has 0 aliphatic heterocycles. The van der Waals surface area contributed by atoms with Gasteiger partial charge in [-0.2, -0.15) is 5.26 Å². The molecule has 0 atom stereocenters. The summed E-state index contributed by atoms with van der Waals surface area (Å²) in [5.41, 5.74) is 5.76. The quantitative estimate of drug-likeness (QED) is 0.184. The summed E-state index contributed by atoms with van der Waals surface area (Å²) >= 11 is 0. The Bertz CT molecular complexity index is 2230. The van der Waals surface area contributed by atoms with Crippen molar-refractivity contribution in [2.24, 2.45) is 0 Å². The van der Waals surface area contributed by atoms with Crippen molar-refractivity contribution in [2.45, 2.75) is 19.6 Å². The van der Waals surface area contributed by atoms with Gasteiger partial charge >= 0.3 is 5.97 Å². The van der Waals surface area contributed by atoms with E-state index in [-0.39, 0.29) is 17.7 Å². The molecule has 0 aliphatic carbocycles. The zero-order chi connectivity index (χ0) is 33.5. The van der Waals surface area contributed by atoms with Gasteiger partial charge in [0.15, 0.2) is 0 Å². The molecule has 3 aromatic heterocycles. The number of nitrogens with zero attached hydrogens (tertiary/aromatic N) is 6. The Balaban J connectivity index is 1.35. The fourth-order valence-electron chi connectivity index (χ4n) is 5.09. The number of aromatic carboxylic acids is 1. The van der Waals surface area contributed by atoms with Crippen LogP contribution in [0.4, 0.5) is 4.39 Å². The van der Waals surface area contributed by atoms with Crippen LogP contribution in [0.25, 0.3) is 22.3 Å². The van der Waals surface area contributed by atoms with Gasteiger partial charge in [0.25, 0.3) is 0 Å². The lowest BCUT2D eigenvalue weighted by Gasteiger charge is -2.12. The smallest absolute Gasteiger partial charge is 0.335 e. The third-order valence-electron chi connectivity index (χ3n) is 7.53. The van der Waals surface area contributed by atoms with Crippen LogP contribution in [-0.2, 0) is 24.3 Å². The van der Waals surface area contributed by atoms with E-state index in [1.807, 2.05) is 34.9 Å². The van der Waals surface area contributed by atoms with Crippen LogP contribution in [0.1, 0.15) is 44.0 Å². The maximum Gasteiger partial charge on any atom is 0.335 e. The van der Waals surface area contributed by atoms with Crippen molar-refractivity contribution in [2.75, 3.05) is 13.7 Å². The van der Waals surface area contributed by atoms with Crippen molar-refractivity contribution < 1.29 is 23.8 Å². The molecular weight excluding hydrogens is 611 g/mol. The van der Waals surface area contributed by atoms with Crippen LogP contribution in [0.5, 0.6) is 5.88 Å². The van der Waals surface area contributed by atoms with E-state index in [0.717, 1.165) is 22.5 Å². The molecule has 11 heteroatoms. The molecule has 10 nitrogen and oxygen atoms in total. The summed E-state index contributed by atoms with van der Waals surface area (Å²) in [5.74, 6) is 5.90. The molecule has 0 spiro atoms. The van der Waals surface area contributed by atoms with Gasteiger partial charge in [-0.15, -0.1) is 0 Å². The molecule has 6 aromatic rings. The first-order valence-electron chi connectivity index (χ1n) is 14.8. The second kappa shape index (κ2) is 14.3. The van der Waals surface area contributed by atoms with Gasteiger partial charge in [-0.1, -0.05) is 36.1 Å². The van der Waals surface area contributed by atoms with Gasteiger partial charge in [-0.25, -0.2) is 29.1 Å². The standard InChI is InChI=1S/C37H27FN6O4/c1-47-14-13-44-34-17-29(37(45)46)11-12-33(34)42-35(44)18-27-9-10-28(16-26(27)7-6-25-20-40-23-41-21-25)32-3-2-4-36(43-32)48-22-30-8-5-24(19-39)15-31(30)38/h2-5,8-12,15-17,20-21,23H,13-14,18,22H2,1H3,(H,45,46). The molecule has 6 rings (SSSR count). The minimum Gasteiger partial charge on any atom is -0.478 e. The topological polar surface area (TPSA) is 136 Å². The number of carboxylic acid groups (broad SMARTS) is 1. The molecule has 1 N–H and O–H groups in total. The zero-order valence-corrected chi connectivity index (χ0v) is 25.7. The van der Waals surface area contributed by atoms with Crippen LogP contribution in [-0.4, -0.2) is 49.3 Å². The third kappa shape index (κ3) is 7.18. The number of rotatable bonds is 10. The zero-order valence-electron chi connectivity index (χ0n) is 25.7. The minimum atomic E-state index is -1.01. The highest BCUT2D eigenvalue weighted by Crippen LogP contribution is 2.27. The Morgan fingerprint density at radius 2 is 1.79 bits per heavy atom. The van der Waals surface area contributed by atoms with E-state index < -0.39 is 11.8 Å². The lowest BCUT2D eigenvalue weighted by Crippen LogP contribution is -2.10. The van der Waals surface area contributed by atoms with Gasteiger partial charge in [0, 0.05) is 55.2 Å². The number of methoxy groups -OCH3 is 1. The molecule has 3 aromatic carbocycles. The number of pyridine rings is 1. The van der Waals surface area contributed by atoms with E-state index in [2.05, 4.69) is 26.8 Å². The fourth-order valence-corrected chi connectivity index (χ4v) is 5.09. The summed E-state index contributed by atoms with van der Waals surface area (Å²) in [4.78, 5) is 29.3. The maximum absolute atomic E-state index is 14.4. The van der Waals surface area contributed by atoms with Gasteiger partial charge in [0.05, 0.1) is 46.1 Å². The predicted octanol–water partition coefficient (Wildman–Crippen LogP) is 5.81. The van der Waals surface area contributed by atoms with E-state index in [0.29, 0.717) is 53.3 Å². The Hall–Kier alpha value is -6.43. The van der Waals surface area contributed by atoms with E-state index >= 15 is 0 Å². The number of nitriles is 1. The second-order valence-electron chi connectivity index (χ2n) is 10.7. The Morgan fingerprint density at radius 1 is 0.958 bits per heavy atom. The van der Waals surface area contributed by atoms with Crippen LogP contribution in [0, 0.1) is 29.0 Å². The van der Waals surface area contributed by atoms with Gasteiger partial charge in [-0.3, -0.25) is 0 Å². The van der Waals surface area contributed by atoms with E-state index in [9.17, 15) is 14.3 Å². The van der Waals surface area contributed by atoms with Crippen molar-refractivity contribution >= 4 is 17.0 Å². The molecule has 48 heavy (non-hydrogen) atoms. The number of carboxylic acids is 1. The monoisotopic (exact) mass is 638 g/mol. The first-order valence-corrected chi connectivity index (χ1v) is 14.8. The van der Waals surface area contributed by atoms with E-state index in [1.54, 1.807) is 49.8 Å². The second-order valence-corrected chi connectivity index (χ2v) is 10.7. The lowest BCUT2D eigenvalue weighted by molar-refractivity contribution is 0.0697. The third-order valence-corrected chi connectivity index (χ3v) is 7.53. The molecule has 0 bridgehead atoms. The largest absolute Gasteiger partial charge is 0.478 e. The number of hydrogen-bond acceptors (Lipinski definition) is 8. The summed E-state index contributed by atoms with van der Waals surface area (Å²) in [6, 6.07) is 22.2. The molecule has 0 radical (unpaired) electrons. The van der Waals surface area contributed by atoms with Gasteiger partial charge in [-0.05, 0) is 48.0 Å². The highest BCUT2D eigenvalue weighted by atomic mass is 19.1. The highest BCUT2D eigenvalue weighted by molar-refractivity contribution is 5.92. The number of benzene rings is 3. The number of imidazole rings is 1. The molecule has 3 heterocycles. The van der Waals surface area contributed by atoms with Crippen LogP contribution < -0.4 is 4.74 Å². The van der Waals surface area contributed by atoms with Gasteiger partial charge in [0.2, 0.25) is 5.88 Å². The van der Waals surface area contributed by atoms with Crippen molar-refractivity contribution in [1.82, 2.24) is 24.5 Å². The number of aromatic nitrogens is 5. The molecule has 0 aliphatic rings. The Morgan fingerprint density at radius 3 is 2.56 bits per heavy atom.